The number of imide groups is 1. The molecule has 10 heteroatoms. The molecule has 0 aliphatic heterocycles. The molecule has 0 aromatic carbocycles. The second kappa shape index (κ2) is 8.16. The highest BCUT2D eigenvalue weighted by molar-refractivity contribution is 7.17. The zero-order valence-electron chi connectivity index (χ0n) is 17.0. The molecule has 0 fully saturated rings. The highest BCUT2D eigenvalue weighted by Crippen LogP contribution is 2.28. The standard InChI is InChI=1S/C19H23N3O6S/c1-18(2,3)27-16(25)22(17(26)28-19(4,5)6)15-20-10-9-11(21-15)12-7-8-13(29-12)14(23)24/h7-10H,1-6H3,(H,23,24). The fraction of sp³-hybridized carbons (Fsp3) is 0.421. The Balaban J connectivity index is 2.45. The summed E-state index contributed by atoms with van der Waals surface area (Å²) >= 11 is 1.01. The normalized spacial score (nSPS) is 11.7. The number of carbonyl (C=O) groups is 3. The van der Waals surface area contributed by atoms with Crippen LogP contribution in [-0.4, -0.2) is 44.4 Å². The summed E-state index contributed by atoms with van der Waals surface area (Å²) in [7, 11) is 0. The number of carboxylic acids is 1. The van der Waals surface area contributed by atoms with Crippen molar-refractivity contribution in [2.75, 3.05) is 4.90 Å². The van der Waals surface area contributed by atoms with Gasteiger partial charge in [0.15, 0.2) is 0 Å². The van der Waals surface area contributed by atoms with Gasteiger partial charge in [-0.2, -0.15) is 0 Å². The van der Waals surface area contributed by atoms with Crippen LogP contribution in [0.5, 0.6) is 0 Å². The lowest BCUT2D eigenvalue weighted by Crippen LogP contribution is -2.44. The van der Waals surface area contributed by atoms with Crippen LogP contribution in [-0.2, 0) is 9.47 Å². The Morgan fingerprint density at radius 2 is 1.52 bits per heavy atom. The lowest BCUT2D eigenvalue weighted by atomic mass is 10.2. The number of anilines is 1. The van der Waals surface area contributed by atoms with Crippen molar-refractivity contribution >= 4 is 35.4 Å². The van der Waals surface area contributed by atoms with E-state index in [1.54, 1.807) is 53.7 Å². The number of rotatable bonds is 3. The van der Waals surface area contributed by atoms with Crippen LogP contribution in [0.3, 0.4) is 0 Å². The van der Waals surface area contributed by atoms with Crippen molar-refractivity contribution in [1.29, 1.82) is 0 Å². The maximum absolute atomic E-state index is 12.7. The Morgan fingerprint density at radius 1 is 0.966 bits per heavy atom. The number of hydrogen-bond donors (Lipinski definition) is 1. The van der Waals surface area contributed by atoms with Gasteiger partial charge in [-0.1, -0.05) is 0 Å². The first-order chi connectivity index (χ1) is 13.3. The predicted molar refractivity (Wildman–Crippen MR) is 107 cm³/mol. The minimum absolute atomic E-state index is 0.135. The molecule has 2 aromatic rings. The lowest BCUT2D eigenvalue weighted by Gasteiger charge is -2.27. The molecule has 29 heavy (non-hydrogen) atoms. The molecule has 9 nitrogen and oxygen atoms in total. The Labute approximate surface area is 172 Å². The summed E-state index contributed by atoms with van der Waals surface area (Å²) in [5.74, 6) is -1.30. The molecule has 2 aromatic heterocycles. The molecule has 1 N–H and O–H groups in total. The summed E-state index contributed by atoms with van der Waals surface area (Å²) in [5, 5.41) is 9.10. The van der Waals surface area contributed by atoms with Crippen LogP contribution in [0.4, 0.5) is 15.5 Å². The molecule has 0 saturated carbocycles. The molecule has 0 radical (unpaired) electrons. The predicted octanol–water partition coefficient (Wildman–Crippen LogP) is 4.58. The Morgan fingerprint density at radius 3 is 1.97 bits per heavy atom. The van der Waals surface area contributed by atoms with Crippen LogP contribution in [0.25, 0.3) is 10.6 Å². The number of hydrogen-bond acceptors (Lipinski definition) is 8. The van der Waals surface area contributed by atoms with Gasteiger partial charge in [-0.15, -0.1) is 16.2 Å². The van der Waals surface area contributed by atoms with E-state index in [0.717, 1.165) is 11.3 Å². The van der Waals surface area contributed by atoms with E-state index in [0.29, 0.717) is 15.5 Å². The highest BCUT2D eigenvalue weighted by Gasteiger charge is 2.34. The van der Waals surface area contributed by atoms with Crippen molar-refractivity contribution in [2.24, 2.45) is 0 Å². The minimum Gasteiger partial charge on any atom is -0.477 e. The summed E-state index contributed by atoms with van der Waals surface area (Å²) in [4.78, 5) is 46.0. The summed E-state index contributed by atoms with van der Waals surface area (Å²) in [6, 6.07) is 4.58. The second-order valence-corrected chi connectivity index (χ2v) is 9.09. The van der Waals surface area contributed by atoms with E-state index in [1.165, 1.54) is 12.3 Å². The van der Waals surface area contributed by atoms with E-state index < -0.39 is 29.4 Å². The van der Waals surface area contributed by atoms with Gasteiger partial charge in [0.25, 0.3) is 0 Å². The maximum atomic E-state index is 12.7. The van der Waals surface area contributed by atoms with Gasteiger partial charge in [0, 0.05) is 6.20 Å². The number of amides is 2. The second-order valence-electron chi connectivity index (χ2n) is 8.01. The van der Waals surface area contributed by atoms with Gasteiger partial charge in [0.2, 0.25) is 5.95 Å². The average molecular weight is 421 g/mol. The topological polar surface area (TPSA) is 119 Å². The molecule has 2 amide bonds. The van der Waals surface area contributed by atoms with Gasteiger partial charge < -0.3 is 14.6 Å². The van der Waals surface area contributed by atoms with E-state index in [2.05, 4.69) is 9.97 Å². The van der Waals surface area contributed by atoms with E-state index >= 15 is 0 Å². The molecule has 0 bridgehead atoms. The molecule has 156 valence electrons. The van der Waals surface area contributed by atoms with Crippen molar-refractivity contribution in [3.05, 3.63) is 29.3 Å². The fourth-order valence-electron chi connectivity index (χ4n) is 2.04. The monoisotopic (exact) mass is 421 g/mol. The van der Waals surface area contributed by atoms with Crippen molar-refractivity contribution in [3.63, 3.8) is 0 Å². The Bertz CT molecular complexity index is 899. The molecular weight excluding hydrogens is 398 g/mol. The first-order valence-electron chi connectivity index (χ1n) is 8.69. The highest BCUT2D eigenvalue weighted by atomic mass is 32.1. The quantitative estimate of drug-likeness (QED) is 0.765. The Hall–Kier alpha value is -3.01. The summed E-state index contributed by atoms with van der Waals surface area (Å²) in [6.45, 7) is 9.97. The number of carbonyl (C=O) groups excluding carboxylic acids is 2. The zero-order chi connectivity index (χ0) is 22.0. The average Bonchev–Trinajstić information content (AvgIpc) is 3.02. The van der Waals surface area contributed by atoms with Crippen molar-refractivity contribution in [3.8, 4) is 10.6 Å². The van der Waals surface area contributed by atoms with Crippen LogP contribution in [0.15, 0.2) is 24.4 Å². The minimum atomic E-state index is -1.06. The number of aromatic carboxylic acids is 1. The van der Waals surface area contributed by atoms with Crippen molar-refractivity contribution in [1.82, 2.24) is 9.97 Å². The third-order valence-electron chi connectivity index (χ3n) is 3.06. The van der Waals surface area contributed by atoms with Gasteiger partial charge in [-0.05, 0) is 59.7 Å². The van der Waals surface area contributed by atoms with Crippen molar-refractivity contribution in [2.45, 2.75) is 52.7 Å². The molecule has 0 aliphatic rings. The number of thiophene rings is 1. The van der Waals surface area contributed by atoms with Gasteiger partial charge in [-0.3, -0.25) is 0 Å². The summed E-state index contributed by atoms with van der Waals surface area (Å²) in [6.07, 6.45) is -0.609. The SMILES string of the molecule is CC(C)(C)OC(=O)N(C(=O)OC(C)(C)C)c1nccc(-c2ccc(C(=O)O)s2)n1. The van der Waals surface area contributed by atoms with E-state index in [-0.39, 0.29) is 10.8 Å². The first kappa shape index (κ1) is 22.3. The molecule has 0 spiro atoms. The maximum Gasteiger partial charge on any atom is 0.427 e. The van der Waals surface area contributed by atoms with Crippen LogP contribution in [0.1, 0.15) is 51.2 Å². The van der Waals surface area contributed by atoms with Gasteiger partial charge in [0.05, 0.1) is 10.6 Å². The third-order valence-corrected chi connectivity index (χ3v) is 4.16. The zero-order valence-corrected chi connectivity index (χ0v) is 17.9. The van der Waals surface area contributed by atoms with E-state index in [9.17, 15) is 14.4 Å². The van der Waals surface area contributed by atoms with Crippen molar-refractivity contribution < 1.29 is 29.0 Å². The number of ether oxygens (including phenoxy) is 2. The summed E-state index contributed by atoms with van der Waals surface area (Å²) in [5.41, 5.74) is -1.37. The lowest BCUT2D eigenvalue weighted by molar-refractivity contribution is 0.0426. The fourth-order valence-corrected chi connectivity index (χ4v) is 2.85. The van der Waals surface area contributed by atoms with Crippen LogP contribution < -0.4 is 4.90 Å². The number of carboxylic acid groups (broad SMARTS) is 1. The van der Waals surface area contributed by atoms with Gasteiger partial charge >= 0.3 is 18.2 Å². The van der Waals surface area contributed by atoms with Crippen LogP contribution in [0.2, 0.25) is 0 Å². The molecule has 2 rings (SSSR count). The van der Waals surface area contributed by atoms with Crippen LogP contribution in [0, 0.1) is 0 Å². The number of aromatic nitrogens is 2. The molecule has 2 heterocycles. The van der Waals surface area contributed by atoms with E-state index in [1.807, 2.05) is 0 Å². The molecule has 0 saturated heterocycles. The molecule has 0 atom stereocenters. The Kier molecular flexibility index (Phi) is 6.27. The molecule has 0 aliphatic carbocycles. The summed E-state index contributed by atoms with van der Waals surface area (Å²) < 4.78 is 10.6. The smallest absolute Gasteiger partial charge is 0.427 e. The third kappa shape index (κ3) is 6.24. The number of nitrogens with zero attached hydrogens (tertiary/aromatic N) is 3. The molecular formula is C19H23N3O6S. The van der Waals surface area contributed by atoms with Crippen LogP contribution >= 0.6 is 11.3 Å². The first-order valence-corrected chi connectivity index (χ1v) is 9.51. The molecule has 0 unspecified atom stereocenters. The van der Waals surface area contributed by atoms with Gasteiger partial charge in [-0.25, -0.2) is 24.4 Å². The van der Waals surface area contributed by atoms with E-state index in [4.69, 9.17) is 14.6 Å². The largest absolute Gasteiger partial charge is 0.477 e. The van der Waals surface area contributed by atoms with Gasteiger partial charge in [0.1, 0.15) is 16.1 Å².